The van der Waals surface area contributed by atoms with Crippen molar-refractivity contribution in [2.45, 2.75) is 13.8 Å². The molecule has 19 heteroatoms. The smallest absolute Gasteiger partial charge is 0.446 e. The second-order valence-corrected chi connectivity index (χ2v) is 8.85. The van der Waals surface area contributed by atoms with Gasteiger partial charge >= 0.3 is 19.0 Å². The molecule has 3 heterocycles. The molecule has 0 bridgehead atoms. The van der Waals surface area contributed by atoms with E-state index in [9.17, 15) is 18.9 Å². The average molecular weight is 611 g/mol. The molecule has 18 nitrogen and oxygen atoms in total. The SMILES string of the molecule is C#Cc1cnc(NC)o1.CCOC(=O)c1cnc(NC)o1.CNc1ncc(C=O)o1.COP(=O)(OC)C(=[N+]=[N-])C(C)=O. The Morgan fingerprint density at radius 1 is 1.02 bits per heavy atom. The minimum atomic E-state index is -3.70. The van der Waals surface area contributed by atoms with Gasteiger partial charge in [-0.1, -0.05) is 0 Å². The van der Waals surface area contributed by atoms with Crippen molar-refractivity contribution < 1.29 is 50.8 Å². The Balaban J connectivity index is 0.000000538. The number of oxazole rings is 3. The van der Waals surface area contributed by atoms with Crippen LogP contribution in [0.15, 0.2) is 31.8 Å². The first-order valence-electron chi connectivity index (χ1n) is 11.5. The van der Waals surface area contributed by atoms with Crippen molar-refractivity contribution in [3.05, 3.63) is 41.4 Å². The predicted octanol–water partition coefficient (Wildman–Crippen LogP) is 2.81. The van der Waals surface area contributed by atoms with Crippen molar-refractivity contribution in [1.29, 1.82) is 0 Å². The van der Waals surface area contributed by atoms with E-state index < -0.39 is 24.8 Å². The molecule has 228 valence electrons. The summed E-state index contributed by atoms with van der Waals surface area (Å²) < 4.78 is 39.6. The summed E-state index contributed by atoms with van der Waals surface area (Å²) in [6.07, 6.45) is 9.79. The third kappa shape index (κ3) is 12.4. The minimum absolute atomic E-state index is 0.112. The molecule has 0 aliphatic rings. The van der Waals surface area contributed by atoms with Crippen LogP contribution < -0.4 is 16.0 Å². The molecule has 3 aromatic rings. The van der Waals surface area contributed by atoms with Crippen molar-refractivity contribution in [3.63, 3.8) is 0 Å². The molecule has 0 unspecified atom stereocenters. The number of Topliss-reactive ketones (excluding diaryl/α,β-unsaturated/α-hetero) is 1. The van der Waals surface area contributed by atoms with Gasteiger partial charge in [-0.05, 0) is 12.8 Å². The summed E-state index contributed by atoms with van der Waals surface area (Å²) in [5, 5.41) is 8.01. The Hall–Kier alpha value is -5.07. The van der Waals surface area contributed by atoms with Gasteiger partial charge in [0.1, 0.15) is 0 Å². The van der Waals surface area contributed by atoms with Gasteiger partial charge in [-0.3, -0.25) is 9.59 Å². The van der Waals surface area contributed by atoms with E-state index in [0.717, 1.165) is 21.1 Å². The molecule has 0 atom stereocenters. The Labute approximate surface area is 240 Å². The maximum Gasteiger partial charge on any atom is 0.446 e. The zero-order chi connectivity index (χ0) is 32.1. The highest BCUT2D eigenvalue weighted by molar-refractivity contribution is 7.74. The quantitative estimate of drug-likeness (QED) is 0.0568. The number of anilines is 3. The number of hydrogen-bond acceptors (Lipinski definition) is 16. The summed E-state index contributed by atoms with van der Waals surface area (Å²) in [5.74, 6) is 1.95. The summed E-state index contributed by atoms with van der Waals surface area (Å²) in [6.45, 7) is 3.15. The van der Waals surface area contributed by atoms with Crippen LogP contribution in [-0.2, 0) is 23.1 Å². The summed E-state index contributed by atoms with van der Waals surface area (Å²) in [7, 11) is 3.53. The number of aldehydes is 1. The summed E-state index contributed by atoms with van der Waals surface area (Å²) >= 11 is 0. The number of aromatic nitrogens is 3. The lowest BCUT2D eigenvalue weighted by molar-refractivity contribution is -0.114. The van der Waals surface area contributed by atoms with E-state index in [1.54, 1.807) is 28.1 Å². The Kier molecular flexibility index (Phi) is 17.5. The monoisotopic (exact) mass is 610 g/mol. The van der Waals surface area contributed by atoms with Crippen LogP contribution in [0.4, 0.5) is 18.0 Å². The van der Waals surface area contributed by atoms with Gasteiger partial charge in [0.2, 0.25) is 11.5 Å². The number of esters is 1. The van der Waals surface area contributed by atoms with Crippen molar-refractivity contribution in [2.24, 2.45) is 0 Å². The normalized spacial score (nSPS) is 9.48. The number of terminal acetylenes is 1. The molecule has 3 rings (SSSR count). The Morgan fingerprint density at radius 2 is 1.55 bits per heavy atom. The lowest BCUT2D eigenvalue weighted by Crippen LogP contribution is -2.13. The summed E-state index contributed by atoms with van der Waals surface area (Å²) in [4.78, 5) is 45.5. The van der Waals surface area contributed by atoms with Crippen LogP contribution in [0.2, 0.25) is 0 Å². The Bertz CT molecular complexity index is 1410. The highest BCUT2D eigenvalue weighted by Gasteiger charge is 2.41. The molecule has 0 aliphatic carbocycles. The van der Waals surface area contributed by atoms with Gasteiger partial charge in [0, 0.05) is 42.3 Å². The molecule has 0 radical (unpaired) electrons. The number of carbonyl (C=O) groups excluding carboxylic acids is 3. The molecule has 3 N–H and O–H groups in total. The maximum atomic E-state index is 11.4. The van der Waals surface area contributed by atoms with Gasteiger partial charge < -0.3 is 48.5 Å². The van der Waals surface area contributed by atoms with Crippen molar-refractivity contribution in [3.8, 4) is 12.3 Å². The minimum Gasteiger partial charge on any atom is -0.460 e. The lowest BCUT2D eigenvalue weighted by Gasteiger charge is -2.05. The fourth-order valence-electron chi connectivity index (χ4n) is 2.16. The zero-order valence-electron chi connectivity index (χ0n) is 23.9. The van der Waals surface area contributed by atoms with E-state index >= 15 is 0 Å². The van der Waals surface area contributed by atoms with Crippen LogP contribution in [0.3, 0.4) is 0 Å². The average Bonchev–Trinajstić information content (AvgIpc) is 3.79. The zero-order valence-corrected chi connectivity index (χ0v) is 24.8. The van der Waals surface area contributed by atoms with Gasteiger partial charge in [0.25, 0.3) is 18.0 Å². The molecule has 3 aromatic heterocycles. The molecule has 0 saturated heterocycles. The van der Waals surface area contributed by atoms with E-state index in [1.165, 1.54) is 18.6 Å². The number of hydrogen-bond donors (Lipinski definition) is 3. The molecule has 0 fully saturated rings. The highest BCUT2D eigenvalue weighted by Crippen LogP contribution is 2.47. The predicted molar refractivity (Wildman–Crippen MR) is 148 cm³/mol. The summed E-state index contributed by atoms with van der Waals surface area (Å²) in [6, 6.07) is 1.11. The maximum absolute atomic E-state index is 11.4. The fraction of sp³-hybridized carbons (Fsp3) is 0.348. The van der Waals surface area contributed by atoms with E-state index in [4.69, 9.17) is 25.2 Å². The molecule has 42 heavy (non-hydrogen) atoms. The second-order valence-electron chi connectivity index (χ2n) is 6.70. The van der Waals surface area contributed by atoms with Crippen molar-refractivity contribution in [1.82, 2.24) is 15.0 Å². The van der Waals surface area contributed by atoms with Crippen LogP contribution >= 0.6 is 7.60 Å². The number of ketones is 1. The number of nitrogens with one attached hydrogen (secondary N) is 3. The van der Waals surface area contributed by atoms with Gasteiger partial charge in [-0.15, -0.1) is 6.42 Å². The van der Waals surface area contributed by atoms with Crippen LogP contribution in [0.25, 0.3) is 5.53 Å². The van der Waals surface area contributed by atoms with Crippen LogP contribution in [0.5, 0.6) is 0 Å². The van der Waals surface area contributed by atoms with E-state index in [1.807, 2.05) is 0 Å². The highest BCUT2D eigenvalue weighted by atomic mass is 31.2. The molecule has 0 amide bonds. The first kappa shape index (κ1) is 36.9. The fourth-order valence-corrected chi connectivity index (χ4v) is 3.16. The molecule has 0 saturated carbocycles. The second kappa shape index (κ2) is 19.9. The first-order chi connectivity index (χ1) is 20.0. The van der Waals surface area contributed by atoms with E-state index in [2.05, 4.69) is 55.4 Å². The first-order valence-corrected chi connectivity index (χ1v) is 13.0. The molecule has 0 spiro atoms. The third-order valence-electron chi connectivity index (χ3n) is 4.06. The molecule has 0 aromatic carbocycles. The number of rotatable bonds is 10. The van der Waals surface area contributed by atoms with Gasteiger partial charge in [0.05, 0.1) is 25.2 Å². The van der Waals surface area contributed by atoms with E-state index in [-0.39, 0.29) is 11.5 Å². The van der Waals surface area contributed by atoms with Gasteiger partial charge in [0.15, 0.2) is 17.8 Å². The largest absolute Gasteiger partial charge is 0.460 e. The van der Waals surface area contributed by atoms with Crippen molar-refractivity contribution in [2.75, 3.05) is 57.9 Å². The van der Waals surface area contributed by atoms with Crippen molar-refractivity contribution >= 4 is 49.1 Å². The van der Waals surface area contributed by atoms with Gasteiger partial charge in [-0.25, -0.2) is 24.3 Å². The van der Waals surface area contributed by atoms with Crippen LogP contribution in [-0.4, -0.2) is 85.2 Å². The van der Waals surface area contributed by atoms with Crippen LogP contribution in [0, 0.1) is 12.3 Å². The lowest BCUT2D eigenvalue weighted by atomic mass is 10.5. The number of carbonyl (C=O) groups is 3. The van der Waals surface area contributed by atoms with Crippen LogP contribution in [0.1, 0.15) is 40.7 Å². The molecular weight excluding hydrogens is 579 g/mol. The molecule has 0 aliphatic heterocycles. The standard InChI is InChI=1S/C7H10N2O3.C6H6N2O.C5H9N2O4P.C5H6N2O2/c1-3-11-6(10)5-4-9-7(8-2)12-5;1-3-5-4-8-6(7-2)9-5;1-4(8)5(7-6)12(9,10-2)11-3;1-6-5-7-2-4(3-8)9-5/h4H,3H2,1-2H3,(H,8,9);1,4H,2H3,(H,7,8);1-3H3;2-3H,1H3,(H,6,7). The third-order valence-corrected chi connectivity index (χ3v) is 5.95. The molecular formula is C23H31N8O10P. The Morgan fingerprint density at radius 3 is 1.86 bits per heavy atom. The number of ether oxygens (including phenoxy) is 1. The van der Waals surface area contributed by atoms with Gasteiger partial charge in [-0.2, -0.15) is 4.79 Å². The number of nitrogens with zero attached hydrogens (tertiary/aromatic N) is 5. The summed E-state index contributed by atoms with van der Waals surface area (Å²) in [5.41, 5.74) is 7.73. The topological polar surface area (TPSA) is 247 Å². The van der Waals surface area contributed by atoms with E-state index in [0.29, 0.717) is 36.7 Å².